The zero-order chi connectivity index (χ0) is 9.97. The first-order valence-corrected chi connectivity index (χ1v) is 4.48. The minimum atomic E-state index is -0.226. The van der Waals surface area contributed by atoms with Crippen LogP contribution >= 0.6 is 0 Å². The quantitative estimate of drug-likeness (QED) is 0.637. The number of hydrogen-bond acceptors (Lipinski definition) is 5. The lowest BCUT2D eigenvalue weighted by Crippen LogP contribution is -2.31. The lowest BCUT2D eigenvalue weighted by molar-refractivity contribution is -0.142. The third-order valence-corrected chi connectivity index (χ3v) is 2.36. The number of nitrogens with one attached hydrogen (secondary N) is 1. The lowest BCUT2D eigenvalue weighted by Gasteiger charge is -2.07. The zero-order valence-corrected chi connectivity index (χ0v) is 7.88. The molecule has 76 valence electrons. The van der Waals surface area contributed by atoms with Crippen molar-refractivity contribution in [3.05, 3.63) is 12.4 Å². The molecule has 14 heavy (non-hydrogen) atoms. The average Bonchev–Trinajstić information content (AvgIpc) is 2.86. The monoisotopic (exact) mass is 196 g/mol. The van der Waals surface area contributed by atoms with Gasteiger partial charge < -0.3 is 10.1 Å². The van der Waals surface area contributed by atoms with E-state index in [1.165, 1.54) is 7.11 Å². The maximum absolute atomic E-state index is 11.2. The van der Waals surface area contributed by atoms with Gasteiger partial charge >= 0.3 is 5.97 Å². The van der Waals surface area contributed by atoms with Crippen LogP contribution in [0.1, 0.15) is 12.5 Å². The molecule has 0 bridgehead atoms. The molecule has 0 saturated carbocycles. The van der Waals surface area contributed by atoms with E-state index in [0.29, 0.717) is 13.0 Å². The van der Waals surface area contributed by atoms with Gasteiger partial charge in [0, 0.05) is 6.54 Å². The first-order valence-electron chi connectivity index (χ1n) is 4.48. The molecule has 1 aliphatic rings. The summed E-state index contributed by atoms with van der Waals surface area (Å²) in [4.78, 5) is 12.8. The van der Waals surface area contributed by atoms with Crippen molar-refractivity contribution < 1.29 is 9.53 Å². The van der Waals surface area contributed by atoms with E-state index in [2.05, 4.69) is 20.3 Å². The number of carbonyl (C=O) groups is 1. The molecular formula is C8H12N4O2. The van der Waals surface area contributed by atoms with Crippen molar-refractivity contribution >= 4 is 5.97 Å². The van der Waals surface area contributed by atoms with Crippen molar-refractivity contribution in [1.29, 1.82) is 0 Å². The van der Waals surface area contributed by atoms with Gasteiger partial charge in [0.05, 0.1) is 25.5 Å². The SMILES string of the molecule is COC(=O)C1CC(n2nccn2)CN1. The Morgan fingerprint density at radius 1 is 1.57 bits per heavy atom. The number of carbonyl (C=O) groups excluding carboxylic acids is 1. The first kappa shape index (κ1) is 9.14. The van der Waals surface area contributed by atoms with Crippen LogP contribution in [-0.4, -0.2) is 40.7 Å². The van der Waals surface area contributed by atoms with Crippen LogP contribution in [-0.2, 0) is 9.53 Å². The van der Waals surface area contributed by atoms with Crippen molar-refractivity contribution in [3.8, 4) is 0 Å². The van der Waals surface area contributed by atoms with E-state index < -0.39 is 0 Å². The molecule has 1 aromatic heterocycles. The molecule has 0 spiro atoms. The van der Waals surface area contributed by atoms with Gasteiger partial charge in [-0.05, 0) is 6.42 Å². The van der Waals surface area contributed by atoms with Gasteiger partial charge in [0.15, 0.2) is 0 Å². The molecule has 2 heterocycles. The second kappa shape index (κ2) is 3.75. The minimum Gasteiger partial charge on any atom is -0.468 e. The van der Waals surface area contributed by atoms with Crippen molar-refractivity contribution in [2.75, 3.05) is 13.7 Å². The summed E-state index contributed by atoms with van der Waals surface area (Å²) in [5.41, 5.74) is 0. The summed E-state index contributed by atoms with van der Waals surface area (Å²) in [5, 5.41) is 11.1. The third-order valence-electron chi connectivity index (χ3n) is 2.36. The predicted octanol–water partition coefficient (Wildman–Crippen LogP) is -0.646. The van der Waals surface area contributed by atoms with Crippen LogP contribution in [0.4, 0.5) is 0 Å². The largest absolute Gasteiger partial charge is 0.468 e. The molecule has 1 fully saturated rings. The number of ether oxygens (including phenoxy) is 1. The first-order chi connectivity index (χ1) is 6.81. The third kappa shape index (κ3) is 1.60. The molecular weight excluding hydrogens is 184 g/mol. The summed E-state index contributed by atoms with van der Waals surface area (Å²) in [6.45, 7) is 0.703. The highest BCUT2D eigenvalue weighted by molar-refractivity contribution is 5.76. The number of esters is 1. The Hall–Kier alpha value is -1.43. The van der Waals surface area contributed by atoms with E-state index in [1.807, 2.05) is 0 Å². The van der Waals surface area contributed by atoms with Crippen molar-refractivity contribution in [2.45, 2.75) is 18.5 Å². The number of hydrogen-bond donors (Lipinski definition) is 1. The van der Waals surface area contributed by atoms with Gasteiger partial charge in [0.25, 0.3) is 0 Å². The molecule has 2 atom stereocenters. The number of aromatic nitrogens is 3. The van der Waals surface area contributed by atoms with Crippen LogP contribution in [0.2, 0.25) is 0 Å². The Balaban J connectivity index is 1.98. The molecule has 0 amide bonds. The van der Waals surface area contributed by atoms with Gasteiger partial charge in [0.2, 0.25) is 0 Å². The Kier molecular flexibility index (Phi) is 2.45. The highest BCUT2D eigenvalue weighted by Crippen LogP contribution is 2.17. The molecule has 0 aromatic carbocycles. The fourth-order valence-corrected chi connectivity index (χ4v) is 1.63. The fourth-order valence-electron chi connectivity index (χ4n) is 1.63. The van der Waals surface area contributed by atoms with Crippen LogP contribution < -0.4 is 5.32 Å². The Bertz CT molecular complexity index is 311. The number of methoxy groups -OCH3 is 1. The predicted molar refractivity (Wildman–Crippen MR) is 47.5 cm³/mol. The maximum Gasteiger partial charge on any atom is 0.322 e. The number of rotatable bonds is 2. The summed E-state index contributed by atoms with van der Waals surface area (Å²) in [5.74, 6) is -0.223. The second-order valence-electron chi connectivity index (χ2n) is 3.22. The lowest BCUT2D eigenvalue weighted by atomic mass is 10.2. The normalized spacial score (nSPS) is 26.4. The van der Waals surface area contributed by atoms with E-state index in [1.54, 1.807) is 17.2 Å². The van der Waals surface area contributed by atoms with Gasteiger partial charge in [0.1, 0.15) is 6.04 Å². The Labute approximate surface area is 81.2 Å². The molecule has 0 aliphatic carbocycles. The van der Waals surface area contributed by atoms with E-state index in [4.69, 9.17) is 0 Å². The van der Waals surface area contributed by atoms with Crippen LogP contribution in [0, 0.1) is 0 Å². The standard InChI is InChI=1S/C8H12N4O2/c1-14-8(13)7-4-6(5-9-7)12-10-2-3-11-12/h2-3,6-7,9H,4-5H2,1H3. The van der Waals surface area contributed by atoms with Crippen LogP contribution in [0.3, 0.4) is 0 Å². The van der Waals surface area contributed by atoms with Gasteiger partial charge in [-0.25, -0.2) is 0 Å². The van der Waals surface area contributed by atoms with Crippen molar-refractivity contribution in [3.63, 3.8) is 0 Å². The molecule has 6 heteroatoms. The maximum atomic E-state index is 11.2. The van der Waals surface area contributed by atoms with Crippen molar-refractivity contribution in [2.24, 2.45) is 0 Å². The van der Waals surface area contributed by atoms with E-state index in [-0.39, 0.29) is 18.1 Å². The smallest absolute Gasteiger partial charge is 0.322 e. The summed E-state index contributed by atoms with van der Waals surface area (Å²) in [6.07, 6.45) is 3.94. The molecule has 0 radical (unpaired) electrons. The summed E-state index contributed by atoms with van der Waals surface area (Å²) >= 11 is 0. The molecule has 1 saturated heterocycles. The molecule has 1 aliphatic heterocycles. The van der Waals surface area contributed by atoms with Gasteiger partial charge in [-0.1, -0.05) is 0 Å². The van der Waals surface area contributed by atoms with Crippen LogP contribution in [0.25, 0.3) is 0 Å². The van der Waals surface area contributed by atoms with Crippen LogP contribution in [0.5, 0.6) is 0 Å². The molecule has 1 aromatic rings. The molecule has 2 rings (SSSR count). The summed E-state index contributed by atoms with van der Waals surface area (Å²) in [7, 11) is 1.39. The molecule has 1 N–H and O–H groups in total. The molecule has 2 unspecified atom stereocenters. The summed E-state index contributed by atoms with van der Waals surface area (Å²) in [6, 6.07) is -0.0786. The highest BCUT2D eigenvalue weighted by Gasteiger charge is 2.31. The van der Waals surface area contributed by atoms with E-state index in [0.717, 1.165) is 0 Å². The van der Waals surface area contributed by atoms with Crippen molar-refractivity contribution in [1.82, 2.24) is 20.3 Å². The second-order valence-corrected chi connectivity index (χ2v) is 3.22. The molecule has 6 nitrogen and oxygen atoms in total. The van der Waals surface area contributed by atoms with Gasteiger partial charge in [-0.3, -0.25) is 4.79 Å². The Morgan fingerprint density at radius 2 is 2.29 bits per heavy atom. The van der Waals surface area contributed by atoms with E-state index in [9.17, 15) is 4.79 Å². The highest BCUT2D eigenvalue weighted by atomic mass is 16.5. The topological polar surface area (TPSA) is 69.0 Å². The fraction of sp³-hybridized carbons (Fsp3) is 0.625. The van der Waals surface area contributed by atoms with Gasteiger partial charge in [-0.15, -0.1) is 0 Å². The van der Waals surface area contributed by atoms with Crippen LogP contribution in [0.15, 0.2) is 12.4 Å². The summed E-state index contributed by atoms with van der Waals surface area (Å²) < 4.78 is 4.65. The Morgan fingerprint density at radius 3 is 2.93 bits per heavy atom. The minimum absolute atomic E-state index is 0.147. The number of nitrogens with zero attached hydrogens (tertiary/aromatic N) is 3. The zero-order valence-electron chi connectivity index (χ0n) is 7.88. The average molecular weight is 196 g/mol. The van der Waals surface area contributed by atoms with E-state index >= 15 is 0 Å². The van der Waals surface area contributed by atoms with Gasteiger partial charge in [-0.2, -0.15) is 15.0 Å².